The van der Waals surface area contributed by atoms with Crippen molar-refractivity contribution in [3.05, 3.63) is 53.1 Å². The Morgan fingerprint density at radius 2 is 1.80 bits per heavy atom. The summed E-state index contributed by atoms with van der Waals surface area (Å²) in [4.78, 5) is 17.2. The molecular weight excluding hydrogens is 402 g/mol. The Bertz CT molecular complexity index is 939. The van der Waals surface area contributed by atoms with Crippen molar-refractivity contribution in [3.8, 4) is 11.5 Å². The zero-order chi connectivity index (χ0) is 20.9. The molecule has 0 atom stereocenters. The van der Waals surface area contributed by atoms with Crippen LogP contribution in [-0.4, -0.2) is 57.2 Å². The molecular formula is C23H26ClN3O3. The molecule has 30 heavy (non-hydrogen) atoms. The average molecular weight is 428 g/mol. The highest BCUT2D eigenvalue weighted by atomic mass is 35.5. The van der Waals surface area contributed by atoms with Gasteiger partial charge in [0.1, 0.15) is 0 Å². The van der Waals surface area contributed by atoms with Gasteiger partial charge in [0, 0.05) is 43.7 Å². The Hall–Kier alpha value is -2.70. The summed E-state index contributed by atoms with van der Waals surface area (Å²) in [5.41, 5.74) is 2.59. The third-order valence-electron chi connectivity index (χ3n) is 5.26. The van der Waals surface area contributed by atoms with Gasteiger partial charge < -0.3 is 24.6 Å². The predicted molar refractivity (Wildman–Crippen MR) is 121 cm³/mol. The molecule has 0 aromatic heterocycles. The van der Waals surface area contributed by atoms with Gasteiger partial charge in [-0.3, -0.25) is 4.79 Å². The van der Waals surface area contributed by atoms with Crippen LogP contribution in [-0.2, 0) is 4.79 Å². The third kappa shape index (κ3) is 5.07. The van der Waals surface area contributed by atoms with Crippen molar-refractivity contribution >= 4 is 35.0 Å². The Labute approximate surface area is 182 Å². The molecule has 2 aliphatic heterocycles. The number of hydrogen-bond donors (Lipinski definition) is 1. The van der Waals surface area contributed by atoms with E-state index in [9.17, 15) is 4.79 Å². The van der Waals surface area contributed by atoms with Crippen LogP contribution < -0.4 is 19.7 Å². The SMILES string of the molecule is CN1CCN(c2ccc(Cl)cc2NC(=O)/C=C/c2ccc3c(c2)OCCCO3)CC1. The van der Waals surface area contributed by atoms with Crippen LogP contribution in [0.3, 0.4) is 0 Å². The van der Waals surface area contributed by atoms with E-state index in [-0.39, 0.29) is 5.91 Å². The summed E-state index contributed by atoms with van der Waals surface area (Å²) in [7, 11) is 2.12. The van der Waals surface area contributed by atoms with Crippen molar-refractivity contribution < 1.29 is 14.3 Å². The van der Waals surface area contributed by atoms with Gasteiger partial charge in [0.15, 0.2) is 11.5 Å². The van der Waals surface area contributed by atoms with Crippen molar-refractivity contribution in [2.45, 2.75) is 6.42 Å². The maximum atomic E-state index is 12.6. The highest BCUT2D eigenvalue weighted by molar-refractivity contribution is 6.31. The normalized spacial score (nSPS) is 17.1. The molecule has 0 unspecified atom stereocenters. The maximum absolute atomic E-state index is 12.6. The molecule has 0 bridgehead atoms. The second-order valence-corrected chi connectivity index (χ2v) is 7.97. The van der Waals surface area contributed by atoms with E-state index in [1.54, 1.807) is 12.1 Å². The van der Waals surface area contributed by atoms with Gasteiger partial charge in [0.25, 0.3) is 0 Å². The second kappa shape index (κ2) is 9.41. The summed E-state index contributed by atoms with van der Waals surface area (Å²) >= 11 is 6.19. The molecule has 2 aliphatic rings. The van der Waals surface area contributed by atoms with Crippen LogP contribution in [0.5, 0.6) is 11.5 Å². The third-order valence-corrected chi connectivity index (χ3v) is 5.49. The fourth-order valence-corrected chi connectivity index (χ4v) is 3.73. The van der Waals surface area contributed by atoms with Crippen molar-refractivity contribution in [3.63, 3.8) is 0 Å². The molecule has 0 aliphatic carbocycles. The summed E-state index contributed by atoms with van der Waals surface area (Å²) < 4.78 is 11.4. The number of hydrogen-bond acceptors (Lipinski definition) is 5. The van der Waals surface area contributed by atoms with Crippen LogP contribution in [0, 0.1) is 0 Å². The number of carbonyl (C=O) groups is 1. The minimum atomic E-state index is -0.209. The fraction of sp³-hybridized carbons (Fsp3) is 0.348. The number of carbonyl (C=O) groups excluding carboxylic acids is 1. The summed E-state index contributed by atoms with van der Waals surface area (Å²) in [5.74, 6) is 1.24. The van der Waals surface area contributed by atoms with Crippen molar-refractivity contribution in [2.24, 2.45) is 0 Å². The van der Waals surface area contributed by atoms with E-state index >= 15 is 0 Å². The molecule has 0 saturated carbocycles. The lowest BCUT2D eigenvalue weighted by Gasteiger charge is -2.35. The van der Waals surface area contributed by atoms with E-state index in [2.05, 4.69) is 22.2 Å². The van der Waals surface area contributed by atoms with E-state index in [4.69, 9.17) is 21.1 Å². The van der Waals surface area contributed by atoms with Gasteiger partial charge in [0.05, 0.1) is 24.6 Å². The highest BCUT2D eigenvalue weighted by Gasteiger charge is 2.18. The molecule has 1 fully saturated rings. The molecule has 4 rings (SSSR count). The molecule has 6 nitrogen and oxygen atoms in total. The van der Waals surface area contributed by atoms with E-state index in [1.807, 2.05) is 30.3 Å². The fourth-order valence-electron chi connectivity index (χ4n) is 3.56. The molecule has 7 heteroatoms. The molecule has 1 N–H and O–H groups in total. The van der Waals surface area contributed by atoms with Gasteiger partial charge in [-0.15, -0.1) is 0 Å². The molecule has 1 saturated heterocycles. The molecule has 2 aromatic carbocycles. The van der Waals surface area contributed by atoms with Crippen LogP contribution in [0.1, 0.15) is 12.0 Å². The lowest BCUT2D eigenvalue weighted by atomic mass is 10.2. The van der Waals surface area contributed by atoms with Crippen LogP contribution in [0.15, 0.2) is 42.5 Å². The number of rotatable bonds is 4. The van der Waals surface area contributed by atoms with Crippen molar-refractivity contribution in [1.29, 1.82) is 0 Å². The number of benzene rings is 2. The smallest absolute Gasteiger partial charge is 0.248 e. The minimum absolute atomic E-state index is 0.209. The lowest BCUT2D eigenvalue weighted by molar-refractivity contribution is -0.111. The number of ether oxygens (including phenoxy) is 2. The number of nitrogens with one attached hydrogen (secondary N) is 1. The summed E-state index contributed by atoms with van der Waals surface area (Å²) in [6.45, 7) is 5.08. The van der Waals surface area contributed by atoms with E-state index < -0.39 is 0 Å². The Kier molecular flexibility index (Phi) is 6.45. The summed E-state index contributed by atoms with van der Waals surface area (Å²) in [6.07, 6.45) is 4.15. The first kappa shape index (κ1) is 20.6. The largest absolute Gasteiger partial charge is 0.490 e. The van der Waals surface area contributed by atoms with Gasteiger partial charge in [0.2, 0.25) is 5.91 Å². The molecule has 158 valence electrons. The average Bonchev–Trinajstić information content (AvgIpc) is 2.98. The number of fused-ring (bicyclic) bond motifs is 1. The van der Waals surface area contributed by atoms with Crippen LogP contribution in [0.25, 0.3) is 6.08 Å². The Morgan fingerprint density at radius 1 is 1.03 bits per heavy atom. The number of likely N-dealkylation sites (N-methyl/N-ethyl adjacent to an activating group) is 1. The zero-order valence-electron chi connectivity index (χ0n) is 17.1. The number of amides is 1. The van der Waals surface area contributed by atoms with Crippen LogP contribution in [0.4, 0.5) is 11.4 Å². The number of nitrogens with zero attached hydrogens (tertiary/aromatic N) is 2. The first-order valence-electron chi connectivity index (χ1n) is 10.2. The lowest BCUT2D eigenvalue weighted by Crippen LogP contribution is -2.44. The number of piperazine rings is 1. The quantitative estimate of drug-likeness (QED) is 0.750. The van der Waals surface area contributed by atoms with E-state index in [0.717, 1.165) is 55.3 Å². The van der Waals surface area contributed by atoms with Crippen LogP contribution >= 0.6 is 11.6 Å². The van der Waals surface area contributed by atoms with Gasteiger partial charge >= 0.3 is 0 Å². The van der Waals surface area contributed by atoms with Crippen LogP contribution in [0.2, 0.25) is 5.02 Å². The highest BCUT2D eigenvalue weighted by Crippen LogP contribution is 2.32. The Morgan fingerprint density at radius 3 is 2.60 bits per heavy atom. The molecule has 2 heterocycles. The molecule has 0 spiro atoms. The van der Waals surface area contributed by atoms with Gasteiger partial charge in [-0.05, 0) is 49.0 Å². The minimum Gasteiger partial charge on any atom is -0.490 e. The Balaban J connectivity index is 1.46. The molecule has 1 amide bonds. The number of halogens is 1. The maximum Gasteiger partial charge on any atom is 0.248 e. The second-order valence-electron chi connectivity index (χ2n) is 7.53. The predicted octanol–water partition coefficient (Wildman–Crippen LogP) is 3.91. The van der Waals surface area contributed by atoms with E-state index in [1.165, 1.54) is 6.08 Å². The molecule has 2 aromatic rings. The first-order valence-corrected chi connectivity index (χ1v) is 10.6. The first-order chi connectivity index (χ1) is 14.6. The zero-order valence-corrected chi connectivity index (χ0v) is 17.8. The molecule has 0 radical (unpaired) electrons. The summed E-state index contributed by atoms with van der Waals surface area (Å²) in [6, 6.07) is 11.3. The number of anilines is 2. The van der Waals surface area contributed by atoms with Gasteiger partial charge in [-0.25, -0.2) is 0 Å². The van der Waals surface area contributed by atoms with E-state index in [0.29, 0.717) is 24.0 Å². The monoisotopic (exact) mass is 427 g/mol. The standard InChI is InChI=1S/C23H26ClN3O3/c1-26-9-11-27(12-10-26)20-6-5-18(24)16-19(20)25-23(28)8-4-17-3-7-21-22(15-17)30-14-2-13-29-21/h3-8,15-16H,2,9-14H2,1H3,(H,25,28)/b8-4+. The summed E-state index contributed by atoms with van der Waals surface area (Å²) in [5, 5.41) is 3.57. The van der Waals surface area contributed by atoms with Gasteiger partial charge in [-0.1, -0.05) is 17.7 Å². The topological polar surface area (TPSA) is 54.0 Å². The van der Waals surface area contributed by atoms with Crippen molar-refractivity contribution in [1.82, 2.24) is 4.90 Å². The van der Waals surface area contributed by atoms with Gasteiger partial charge in [-0.2, -0.15) is 0 Å². The van der Waals surface area contributed by atoms with Crippen molar-refractivity contribution in [2.75, 3.05) is 56.7 Å².